The summed E-state index contributed by atoms with van der Waals surface area (Å²) in [5.74, 6) is 0.979. The third-order valence-electron chi connectivity index (χ3n) is 3.80. The summed E-state index contributed by atoms with van der Waals surface area (Å²) in [5, 5.41) is 4.19. The predicted molar refractivity (Wildman–Crippen MR) is 87.3 cm³/mol. The highest BCUT2D eigenvalue weighted by molar-refractivity contribution is 7.09. The maximum atomic E-state index is 5.90. The molecule has 5 nitrogen and oxygen atoms in total. The maximum Gasteiger partial charge on any atom is 0.140 e. The summed E-state index contributed by atoms with van der Waals surface area (Å²) in [7, 11) is 0. The topological polar surface area (TPSA) is 51.1 Å². The molecule has 1 unspecified atom stereocenters. The van der Waals surface area contributed by atoms with E-state index in [1.807, 2.05) is 25.1 Å². The molecule has 0 amide bonds. The van der Waals surface area contributed by atoms with Crippen LogP contribution in [0.1, 0.15) is 16.8 Å². The zero-order valence-electron chi connectivity index (χ0n) is 12.3. The standard InChI is InChI=1S/C16H16N4OS/c1-11-9-22-16(19-11)14-8-20(6-7-21-14)15-12-4-2-3-5-13(12)17-10-18-15/h2-5,9-10,14H,6-8H2,1H3. The second kappa shape index (κ2) is 5.62. The number of thiazole rings is 1. The van der Waals surface area contributed by atoms with Crippen LogP contribution in [0, 0.1) is 6.92 Å². The molecule has 3 aromatic rings. The van der Waals surface area contributed by atoms with Crippen LogP contribution in [0.4, 0.5) is 5.82 Å². The van der Waals surface area contributed by atoms with Gasteiger partial charge in [-0.2, -0.15) is 0 Å². The number of hydrogen-bond donors (Lipinski definition) is 0. The molecule has 0 aliphatic carbocycles. The molecular weight excluding hydrogens is 296 g/mol. The van der Waals surface area contributed by atoms with Crippen molar-refractivity contribution in [3.63, 3.8) is 0 Å². The first kappa shape index (κ1) is 13.6. The second-order valence-electron chi connectivity index (χ2n) is 5.35. The second-order valence-corrected chi connectivity index (χ2v) is 6.24. The molecule has 1 saturated heterocycles. The van der Waals surface area contributed by atoms with Gasteiger partial charge in [0, 0.05) is 23.0 Å². The fraction of sp³-hybridized carbons (Fsp3) is 0.312. The molecule has 3 heterocycles. The number of aromatic nitrogens is 3. The van der Waals surface area contributed by atoms with Crippen molar-refractivity contribution in [2.45, 2.75) is 13.0 Å². The van der Waals surface area contributed by atoms with Crippen LogP contribution in [-0.4, -0.2) is 34.6 Å². The lowest BCUT2D eigenvalue weighted by molar-refractivity contribution is 0.0394. The SMILES string of the molecule is Cc1csc(C2CN(c3ncnc4ccccc34)CCO2)n1. The Morgan fingerprint density at radius 2 is 2.18 bits per heavy atom. The summed E-state index contributed by atoms with van der Waals surface area (Å²) in [6, 6.07) is 8.11. The Bertz CT molecular complexity index is 798. The summed E-state index contributed by atoms with van der Waals surface area (Å²) in [6.45, 7) is 4.30. The van der Waals surface area contributed by atoms with Crippen molar-refractivity contribution in [1.82, 2.24) is 15.0 Å². The number of aryl methyl sites for hydroxylation is 1. The number of fused-ring (bicyclic) bond motifs is 1. The minimum Gasteiger partial charge on any atom is -0.367 e. The van der Waals surface area contributed by atoms with Gasteiger partial charge in [-0.15, -0.1) is 11.3 Å². The van der Waals surface area contributed by atoms with Gasteiger partial charge in [0.05, 0.1) is 18.7 Å². The fourth-order valence-electron chi connectivity index (χ4n) is 2.75. The molecule has 1 aliphatic rings. The predicted octanol–water partition coefficient (Wildman–Crippen LogP) is 2.97. The number of nitrogens with zero attached hydrogens (tertiary/aromatic N) is 4. The van der Waals surface area contributed by atoms with Crippen LogP contribution in [0.5, 0.6) is 0 Å². The van der Waals surface area contributed by atoms with Gasteiger partial charge in [0.1, 0.15) is 23.3 Å². The van der Waals surface area contributed by atoms with Gasteiger partial charge in [-0.1, -0.05) is 12.1 Å². The first-order valence-corrected chi connectivity index (χ1v) is 8.17. The Labute approximate surface area is 132 Å². The van der Waals surface area contributed by atoms with E-state index in [1.54, 1.807) is 17.7 Å². The lowest BCUT2D eigenvalue weighted by atomic mass is 10.2. The highest BCUT2D eigenvalue weighted by Crippen LogP contribution is 2.30. The van der Waals surface area contributed by atoms with Gasteiger partial charge in [-0.3, -0.25) is 0 Å². The lowest BCUT2D eigenvalue weighted by Crippen LogP contribution is -2.39. The van der Waals surface area contributed by atoms with Crippen molar-refractivity contribution in [3.05, 3.63) is 46.7 Å². The van der Waals surface area contributed by atoms with Crippen LogP contribution in [0.25, 0.3) is 10.9 Å². The molecule has 6 heteroatoms. The smallest absolute Gasteiger partial charge is 0.140 e. The normalized spacial score (nSPS) is 18.8. The highest BCUT2D eigenvalue weighted by atomic mass is 32.1. The molecule has 0 bridgehead atoms. The van der Waals surface area contributed by atoms with Crippen molar-refractivity contribution in [2.75, 3.05) is 24.6 Å². The molecule has 4 rings (SSSR count). The summed E-state index contributed by atoms with van der Waals surface area (Å²) in [6.07, 6.45) is 1.65. The molecule has 2 aromatic heterocycles. The van der Waals surface area contributed by atoms with Gasteiger partial charge in [-0.25, -0.2) is 15.0 Å². The largest absolute Gasteiger partial charge is 0.367 e. The van der Waals surface area contributed by atoms with Crippen molar-refractivity contribution < 1.29 is 4.74 Å². The number of anilines is 1. The maximum absolute atomic E-state index is 5.90. The molecule has 1 atom stereocenters. The molecule has 22 heavy (non-hydrogen) atoms. The van der Waals surface area contributed by atoms with E-state index in [9.17, 15) is 0 Å². The van der Waals surface area contributed by atoms with Crippen LogP contribution in [0.2, 0.25) is 0 Å². The van der Waals surface area contributed by atoms with Crippen molar-refractivity contribution >= 4 is 28.1 Å². The van der Waals surface area contributed by atoms with E-state index in [-0.39, 0.29) is 6.10 Å². The highest BCUT2D eigenvalue weighted by Gasteiger charge is 2.26. The molecule has 1 aliphatic heterocycles. The first-order valence-electron chi connectivity index (χ1n) is 7.29. The van der Waals surface area contributed by atoms with Crippen molar-refractivity contribution in [1.29, 1.82) is 0 Å². The van der Waals surface area contributed by atoms with Gasteiger partial charge in [0.25, 0.3) is 0 Å². The van der Waals surface area contributed by atoms with Gasteiger partial charge in [-0.05, 0) is 19.1 Å². The summed E-state index contributed by atoms with van der Waals surface area (Å²) < 4.78 is 5.90. The number of hydrogen-bond acceptors (Lipinski definition) is 6. The third-order valence-corrected chi connectivity index (χ3v) is 4.85. The van der Waals surface area contributed by atoms with E-state index in [0.29, 0.717) is 6.61 Å². The first-order chi connectivity index (χ1) is 10.8. The molecule has 1 aromatic carbocycles. The quantitative estimate of drug-likeness (QED) is 0.728. The molecule has 0 N–H and O–H groups in total. The van der Waals surface area contributed by atoms with E-state index in [0.717, 1.165) is 40.5 Å². The fourth-order valence-corrected chi connectivity index (χ4v) is 3.59. The minimum atomic E-state index is 0.0150. The van der Waals surface area contributed by atoms with Gasteiger partial charge in [0.2, 0.25) is 0 Å². The number of morpholine rings is 1. The summed E-state index contributed by atoms with van der Waals surface area (Å²) in [5.41, 5.74) is 2.02. The van der Waals surface area contributed by atoms with Crippen LogP contribution < -0.4 is 4.90 Å². The third kappa shape index (κ3) is 2.44. The number of rotatable bonds is 2. The minimum absolute atomic E-state index is 0.0150. The van der Waals surface area contributed by atoms with Crippen molar-refractivity contribution in [3.8, 4) is 0 Å². The average molecular weight is 312 g/mol. The number of para-hydroxylation sites is 1. The van der Waals surface area contributed by atoms with Crippen LogP contribution >= 0.6 is 11.3 Å². The Balaban J connectivity index is 1.67. The van der Waals surface area contributed by atoms with Gasteiger partial charge < -0.3 is 9.64 Å². The zero-order valence-corrected chi connectivity index (χ0v) is 13.1. The molecular formula is C16H16N4OS. The summed E-state index contributed by atoms with van der Waals surface area (Å²) >= 11 is 1.66. The zero-order chi connectivity index (χ0) is 14.9. The van der Waals surface area contributed by atoms with E-state index >= 15 is 0 Å². The molecule has 0 saturated carbocycles. The van der Waals surface area contributed by atoms with E-state index in [2.05, 4.69) is 31.3 Å². The molecule has 1 fully saturated rings. The molecule has 112 valence electrons. The monoisotopic (exact) mass is 312 g/mol. The average Bonchev–Trinajstić information content (AvgIpc) is 3.01. The lowest BCUT2D eigenvalue weighted by Gasteiger charge is -2.33. The van der Waals surface area contributed by atoms with E-state index < -0.39 is 0 Å². The molecule has 0 radical (unpaired) electrons. The Morgan fingerprint density at radius 3 is 3.05 bits per heavy atom. The van der Waals surface area contributed by atoms with Crippen LogP contribution in [0.3, 0.4) is 0 Å². The molecule has 0 spiro atoms. The van der Waals surface area contributed by atoms with Gasteiger partial charge in [0.15, 0.2) is 0 Å². The summed E-state index contributed by atoms with van der Waals surface area (Å²) in [4.78, 5) is 15.7. The van der Waals surface area contributed by atoms with Crippen molar-refractivity contribution in [2.24, 2.45) is 0 Å². The Kier molecular flexibility index (Phi) is 3.48. The van der Waals surface area contributed by atoms with Gasteiger partial charge >= 0.3 is 0 Å². The van der Waals surface area contributed by atoms with Crippen LogP contribution in [-0.2, 0) is 4.74 Å². The Hall–Kier alpha value is -2.05. The van der Waals surface area contributed by atoms with E-state index in [1.165, 1.54) is 0 Å². The Morgan fingerprint density at radius 1 is 1.27 bits per heavy atom. The number of ether oxygens (including phenoxy) is 1. The number of benzene rings is 1. The van der Waals surface area contributed by atoms with Crippen LogP contribution in [0.15, 0.2) is 36.0 Å². The van der Waals surface area contributed by atoms with E-state index in [4.69, 9.17) is 4.74 Å².